The lowest BCUT2D eigenvalue weighted by Crippen LogP contribution is -2.44. The van der Waals surface area contributed by atoms with Gasteiger partial charge in [0.15, 0.2) is 11.8 Å². The van der Waals surface area contributed by atoms with Gasteiger partial charge in [-0.05, 0) is 31.2 Å². The molecule has 0 aliphatic carbocycles. The van der Waals surface area contributed by atoms with Gasteiger partial charge in [0.05, 0.1) is 6.54 Å². The quantitative estimate of drug-likeness (QED) is 0.390. The highest BCUT2D eigenvalue weighted by molar-refractivity contribution is 14.0. The van der Waals surface area contributed by atoms with Crippen molar-refractivity contribution in [3.8, 4) is 0 Å². The molecule has 0 radical (unpaired) electrons. The van der Waals surface area contributed by atoms with Gasteiger partial charge in [0, 0.05) is 33.1 Å². The molecule has 2 aliphatic rings. The van der Waals surface area contributed by atoms with E-state index in [1.165, 1.54) is 30.4 Å². The molecule has 3 heterocycles. The van der Waals surface area contributed by atoms with Crippen molar-refractivity contribution in [3.05, 3.63) is 53.1 Å². The molecule has 0 bridgehead atoms. The molecule has 0 spiro atoms. The highest BCUT2D eigenvalue weighted by Gasteiger charge is 2.19. The molecule has 156 valence electrons. The summed E-state index contributed by atoms with van der Waals surface area (Å²) in [5.74, 6) is 3.13. The van der Waals surface area contributed by atoms with E-state index in [4.69, 9.17) is 0 Å². The van der Waals surface area contributed by atoms with Crippen molar-refractivity contribution in [2.45, 2.75) is 51.6 Å². The summed E-state index contributed by atoms with van der Waals surface area (Å²) in [6, 6.07) is 10.6. The second-order valence-corrected chi connectivity index (χ2v) is 7.60. The van der Waals surface area contributed by atoms with E-state index in [1.807, 2.05) is 7.05 Å². The third-order valence-corrected chi connectivity index (χ3v) is 5.68. The fourth-order valence-corrected chi connectivity index (χ4v) is 4.10. The largest absolute Gasteiger partial charge is 0.349 e. The highest BCUT2D eigenvalue weighted by Crippen LogP contribution is 2.20. The summed E-state index contributed by atoms with van der Waals surface area (Å²) in [5.41, 5.74) is 2.81. The molecular weight excluding hydrogens is 475 g/mol. The number of nitrogens with zero attached hydrogens (tertiary/aromatic N) is 5. The van der Waals surface area contributed by atoms with Crippen molar-refractivity contribution in [1.82, 2.24) is 25.0 Å². The third-order valence-electron chi connectivity index (χ3n) is 5.68. The summed E-state index contributed by atoms with van der Waals surface area (Å²) in [6.07, 6.45) is 9.26. The lowest BCUT2D eigenvalue weighted by Gasteiger charge is -2.31. The van der Waals surface area contributed by atoms with E-state index in [2.05, 4.69) is 66.4 Å². The van der Waals surface area contributed by atoms with E-state index < -0.39 is 0 Å². The Bertz CT molecular complexity index is 832. The Balaban J connectivity index is 0.00000240. The number of fused-ring (bicyclic) bond motifs is 1. The summed E-state index contributed by atoms with van der Waals surface area (Å²) in [7, 11) is 1.86. The van der Waals surface area contributed by atoms with Gasteiger partial charge in [-0.25, -0.2) is 0 Å². The Labute approximate surface area is 190 Å². The van der Waals surface area contributed by atoms with Crippen molar-refractivity contribution >= 4 is 36.0 Å². The van der Waals surface area contributed by atoms with Crippen LogP contribution in [0.4, 0.5) is 0 Å². The zero-order chi connectivity index (χ0) is 19.2. The average Bonchev–Trinajstić information content (AvgIpc) is 2.96. The minimum absolute atomic E-state index is 0. The molecule has 1 saturated heterocycles. The number of hydrogen-bond acceptors (Lipinski definition) is 3. The summed E-state index contributed by atoms with van der Waals surface area (Å²) < 4.78 is 2.30. The van der Waals surface area contributed by atoms with Crippen LogP contribution in [-0.4, -0.2) is 45.8 Å². The highest BCUT2D eigenvalue weighted by atomic mass is 127. The van der Waals surface area contributed by atoms with Crippen LogP contribution < -0.4 is 5.32 Å². The molecule has 1 aromatic carbocycles. The van der Waals surface area contributed by atoms with Crippen LogP contribution in [0.15, 0.2) is 40.9 Å². The zero-order valence-corrected chi connectivity index (χ0v) is 19.5. The smallest absolute Gasteiger partial charge is 0.194 e. The van der Waals surface area contributed by atoms with Gasteiger partial charge in [0.25, 0.3) is 0 Å². The van der Waals surface area contributed by atoms with Crippen molar-refractivity contribution < 1.29 is 0 Å². The first-order valence-electron chi connectivity index (χ1n) is 10.4. The van der Waals surface area contributed by atoms with Crippen molar-refractivity contribution in [3.63, 3.8) is 0 Å². The minimum atomic E-state index is 0. The number of aliphatic imine (C=N–C) groups is 1. The van der Waals surface area contributed by atoms with Gasteiger partial charge >= 0.3 is 0 Å². The standard InChI is InChI=1S/C22H30N6.HI/c1-23-22(24-17-21-26-25-20-10-6-3-7-13-28(20)21)27-14-11-19(12-15-27)16-18-8-4-2-5-9-18;/h2,4-5,8-9,16H,3,6-7,10-15,17H2,1H3,(H,23,24);1H. The Morgan fingerprint density at radius 1 is 1.03 bits per heavy atom. The van der Waals surface area contributed by atoms with Gasteiger partial charge in [0.1, 0.15) is 5.82 Å². The molecule has 0 saturated carbocycles. The molecule has 1 fully saturated rings. The molecule has 0 unspecified atom stereocenters. The number of nitrogens with one attached hydrogen (secondary N) is 1. The predicted octanol–water partition coefficient (Wildman–Crippen LogP) is 3.88. The van der Waals surface area contributed by atoms with E-state index in [1.54, 1.807) is 0 Å². The first-order chi connectivity index (χ1) is 13.8. The molecular formula is C22H31IN6. The van der Waals surface area contributed by atoms with Crippen LogP contribution in [0, 0.1) is 0 Å². The van der Waals surface area contributed by atoms with Crippen molar-refractivity contribution in [2.24, 2.45) is 4.99 Å². The van der Waals surface area contributed by atoms with Gasteiger partial charge < -0.3 is 14.8 Å². The van der Waals surface area contributed by atoms with E-state index in [9.17, 15) is 0 Å². The van der Waals surface area contributed by atoms with Gasteiger partial charge in [-0.3, -0.25) is 4.99 Å². The normalized spacial score (nSPS) is 17.2. The Morgan fingerprint density at radius 2 is 1.83 bits per heavy atom. The van der Waals surface area contributed by atoms with Gasteiger partial charge in [-0.15, -0.1) is 34.2 Å². The average molecular weight is 506 g/mol. The van der Waals surface area contributed by atoms with Gasteiger partial charge in [-0.2, -0.15) is 0 Å². The molecule has 29 heavy (non-hydrogen) atoms. The number of benzene rings is 1. The van der Waals surface area contributed by atoms with Crippen LogP contribution in [0.5, 0.6) is 0 Å². The summed E-state index contributed by atoms with van der Waals surface area (Å²) >= 11 is 0. The fraction of sp³-hybridized carbons (Fsp3) is 0.500. The molecule has 2 aliphatic heterocycles. The Hall–Kier alpha value is -1.90. The summed E-state index contributed by atoms with van der Waals surface area (Å²) in [5, 5.41) is 12.3. The topological polar surface area (TPSA) is 58.3 Å². The van der Waals surface area contributed by atoms with Crippen LogP contribution in [0.2, 0.25) is 0 Å². The number of halogens is 1. The Morgan fingerprint density at radius 3 is 2.59 bits per heavy atom. The van der Waals surface area contributed by atoms with Crippen LogP contribution >= 0.6 is 24.0 Å². The van der Waals surface area contributed by atoms with Crippen molar-refractivity contribution in [1.29, 1.82) is 0 Å². The van der Waals surface area contributed by atoms with Crippen LogP contribution in [0.25, 0.3) is 6.08 Å². The summed E-state index contributed by atoms with van der Waals surface area (Å²) in [6.45, 7) is 3.71. The monoisotopic (exact) mass is 506 g/mol. The second kappa shape index (κ2) is 10.8. The fourth-order valence-electron chi connectivity index (χ4n) is 4.10. The number of hydrogen-bond donors (Lipinski definition) is 1. The molecule has 1 N–H and O–H groups in total. The first-order valence-corrected chi connectivity index (χ1v) is 10.4. The van der Waals surface area contributed by atoms with Crippen LogP contribution in [0.3, 0.4) is 0 Å². The molecule has 1 aromatic heterocycles. The number of likely N-dealkylation sites (tertiary alicyclic amines) is 1. The molecule has 0 atom stereocenters. The van der Waals surface area contributed by atoms with Gasteiger partial charge in [-0.1, -0.05) is 48.4 Å². The molecule has 0 amide bonds. The molecule has 4 rings (SSSR count). The lowest BCUT2D eigenvalue weighted by atomic mass is 10.0. The molecule has 7 heteroatoms. The molecule has 2 aromatic rings. The maximum absolute atomic E-state index is 4.51. The third kappa shape index (κ3) is 5.58. The van der Waals surface area contributed by atoms with E-state index in [0.717, 1.165) is 56.5 Å². The lowest BCUT2D eigenvalue weighted by molar-refractivity contribution is 0.374. The number of aryl methyl sites for hydroxylation is 1. The Kier molecular flexibility index (Phi) is 8.09. The SMILES string of the molecule is CN=C(NCc1nnc2n1CCCCC2)N1CCC(=Cc2ccccc2)CC1.I. The zero-order valence-electron chi connectivity index (χ0n) is 17.2. The molecule has 6 nitrogen and oxygen atoms in total. The number of piperidine rings is 1. The summed E-state index contributed by atoms with van der Waals surface area (Å²) in [4.78, 5) is 6.85. The first kappa shape index (κ1) is 21.8. The number of guanidine groups is 1. The second-order valence-electron chi connectivity index (χ2n) is 7.60. The van der Waals surface area contributed by atoms with Crippen LogP contribution in [0.1, 0.15) is 49.3 Å². The van der Waals surface area contributed by atoms with E-state index in [0.29, 0.717) is 6.54 Å². The minimum Gasteiger partial charge on any atom is -0.349 e. The van der Waals surface area contributed by atoms with Crippen molar-refractivity contribution in [2.75, 3.05) is 20.1 Å². The number of aromatic nitrogens is 3. The van der Waals surface area contributed by atoms with Crippen LogP contribution in [-0.2, 0) is 19.5 Å². The maximum atomic E-state index is 4.51. The van der Waals surface area contributed by atoms with E-state index in [-0.39, 0.29) is 24.0 Å². The van der Waals surface area contributed by atoms with Gasteiger partial charge in [0.2, 0.25) is 0 Å². The predicted molar refractivity (Wildman–Crippen MR) is 128 cm³/mol. The van der Waals surface area contributed by atoms with E-state index >= 15 is 0 Å². The number of rotatable bonds is 3. The maximum Gasteiger partial charge on any atom is 0.194 e.